The van der Waals surface area contributed by atoms with E-state index in [0.717, 1.165) is 17.9 Å². The molecular weight excluding hydrogens is 252 g/mol. The van der Waals surface area contributed by atoms with Gasteiger partial charge in [-0.2, -0.15) is 0 Å². The Morgan fingerprint density at radius 2 is 1.95 bits per heavy atom. The van der Waals surface area contributed by atoms with Crippen molar-refractivity contribution in [2.24, 2.45) is 0 Å². The molecule has 0 radical (unpaired) electrons. The van der Waals surface area contributed by atoms with E-state index in [1.54, 1.807) is 17.3 Å². The number of nitrogens with zero attached hydrogens (tertiary/aromatic N) is 4. The summed E-state index contributed by atoms with van der Waals surface area (Å²) in [5, 5.41) is 0. The Morgan fingerprint density at radius 1 is 1.20 bits per heavy atom. The van der Waals surface area contributed by atoms with Crippen LogP contribution in [0.15, 0.2) is 30.7 Å². The van der Waals surface area contributed by atoms with Crippen molar-refractivity contribution < 1.29 is 4.79 Å². The van der Waals surface area contributed by atoms with Crippen LogP contribution in [-0.2, 0) is 6.42 Å². The van der Waals surface area contributed by atoms with E-state index in [9.17, 15) is 4.79 Å². The van der Waals surface area contributed by atoms with Gasteiger partial charge in [0.1, 0.15) is 11.5 Å². The van der Waals surface area contributed by atoms with Gasteiger partial charge in [0.15, 0.2) is 0 Å². The highest BCUT2D eigenvalue weighted by Crippen LogP contribution is 2.13. The minimum atomic E-state index is -0.0324. The van der Waals surface area contributed by atoms with Gasteiger partial charge in [-0.15, -0.1) is 0 Å². The molecule has 2 rings (SSSR count). The molecule has 2 aromatic rings. The Bertz CT molecular complexity index is 587. The zero-order valence-electron chi connectivity index (χ0n) is 12.2. The van der Waals surface area contributed by atoms with Gasteiger partial charge in [0.25, 0.3) is 5.91 Å². The molecule has 0 spiro atoms. The van der Waals surface area contributed by atoms with Crippen LogP contribution in [0, 0.1) is 0 Å². The van der Waals surface area contributed by atoms with Crippen molar-refractivity contribution in [1.29, 1.82) is 0 Å². The van der Waals surface area contributed by atoms with Crippen LogP contribution in [0.1, 0.15) is 37.1 Å². The SMILES string of the molecule is CCc1nccn1-c1ccnc(C(=O)N(CC)CC)c1. The standard InChI is InChI=1S/C15H20N4O/c1-4-14-17-9-10-19(14)12-7-8-16-13(11-12)15(20)18(5-2)6-3/h7-11H,4-6H2,1-3H3. The summed E-state index contributed by atoms with van der Waals surface area (Å²) in [6.45, 7) is 7.37. The molecule has 0 aromatic carbocycles. The van der Waals surface area contributed by atoms with Gasteiger partial charge in [-0.3, -0.25) is 9.78 Å². The maximum atomic E-state index is 12.3. The number of imidazole rings is 1. The van der Waals surface area contributed by atoms with Crippen molar-refractivity contribution in [2.45, 2.75) is 27.2 Å². The molecule has 106 valence electrons. The predicted molar refractivity (Wildman–Crippen MR) is 78.0 cm³/mol. The predicted octanol–water partition coefficient (Wildman–Crippen LogP) is 2.31. The first-order valence-electron chi connectivity index (χ1n) is 6.99. The smallest absolute Gasteiger partial charge is 0.272 e. The van der Waals surface area contributed by atoms with Gasteiger partial charge in [0, 0.05) is 38.1 Å². The number of pyridine rings is 1. The zero-order chi connectivity index (χ0) is 14.5. The summed E-state index contributed by atoms with van der Waals surface area (Å²) in [5.41, 5.74) is 1.40. The summed E-state index contributed by atoms with van der Waals surface area (Å²) in [5.74, 6) is 0.937. The molecule has 0 N–H and O–H groups in total. The zero-order valence-corrected chi connectivity index (χ0v) is 12.2. The molecule has 0 atom stereocenters. The molecule has 0 aliphatic rings. The highest BCUT2D eigenvalue weighted by molar-refractivity contribution is 5.92. The van der Waals surface area contributed by atoms with E-state index in [1.165, 1.54) is 0 Å². The first-order chi connectivity index (χ1) is 9.71. The summed E-state index contributed by atoms with van der Waals surface area (Å²) >= 11 is 0. The number of carbonyl (C=O) groups excluding carboxylic acids is 1. The molecule has 5 nitrogen and oxygen atoms in total. The molecule has 0 saturated heterocycles. The average molecular weight is 272 g/mol. The van der Waals surface area contributed by atoms with E-state index in [0.29, 0.717) is 18.8 Å². The Hall–Kier alpha value is -2.17. The monoisotopic (exact) mass is 272 g/mol. The van der Waals surface area contributed by atoms with Crippen molar-refractivity contribution in [3.05, 3.63) is 42.2 Å². The average Bonchev–Trinajstić information content (AvgIpc) is 2.97. The van der Waals surface area contributed by atoms with E-state index in [2.05, 4.69) is 16.9 Å². The van der Waals surface area contributed by atoms with Crippen molar-refractivity contribution in [2.75, 3.05) is 13.1 Å². The Morgan fingerprint density at radius 3 is 2.60 bits per heavy atom. The lowest BCUT2D eigenvalue weighted by Crippen LogP contribution is -2.31. The molecule has 2 heterocycles. The summed E-state index contributed by atoms with van der Waals surface area (Å²) in [4.78, 5) is 22.6. The van der Waals surface area contributed by atoms with Crippen molar-refractivity contribution in [1.82, 2.24) is 19.4 Å². The fraction of sp³-hybridized carbons (Fsp3) is 0.400. The van der Waals surface area contributed by atoms with E-state index < -0.39 is 0 Å². The number of carbonyl (C=O) groups is 1. The summed E-state index contributed by atoms with van der Waals surface area (Å²) in [6, 6.07) is 3.71. The first-order valence-corrected chi connectivity index (χ1v) is 6.99. The molecule has 0 aliphatic heterocycles. The van der Waals surface area contributed by atoms with Gasteiger partial charge >= 0.3 is 0 Å². The lowest BCUT2D eigenvalue weighted by Gasteiger charge is -2.18. The summed E-state index contributed by atoms with van der Waals surface area (Å²) in [7, 11) is 0. The molecule has 0 unspecified atom stereocenters. The molecule has 20 heavy (non-hydrogen) atoms. The van der Waals surface area contributed by atoms with Crippen molar-refractivity contribution >= 4 is 5.91 Å². The Balaban J connectivity index is 2.35. The lowest BCUT2D eigenvalue weighted by atomic mass is 10.2. The number of hydrogen-bond donors (Lipinski definition) is 0. The normalized spacial score (nSPS) is 10.6. The molecule has 2 aromatic heterocycles. The fourth-order valence-corrected chi connectivity index (χ4v) is 2.19. The largest absolute Gasteiger partial charge is 0.338 e. The maximum Gasteiger partial charge on any atom is 0.272 e. The molecule has 1 amide bonds. The second-order valence-electron chi connectivity index (χ2n) is 4.44. The second kappa shape index (κ2) is 6.32. The lowest BCUT2D eigenvalue weighted by molar-refractivity contribution is 0.0767. The van der Waals surface area contributed by atoms with E-state index >= 15 is 0 Å². The Kier molecular flexibility index (Phi) is 4.50. The van der Waals surface area contributed by atoms with E-state index in [4.69, 9.17) is 0 Å². The molecule has 0 fully saturated rings. The third-order valence-electron chi connectivity index (χ3n) is 3.33. The number of amides is 1. The third kappa shape index (κ3) is 2.71. The number of hydrogen-bond acceptors (Lipinski definition) is 3. The van der Waals surface area contributed by atoms with Crippen LogP contribution in [0.5, 0.6) is 0 Å². The fourth-order valence-electron chi connectivity index (χ4n) is 2.19. The van der Waals surface area contributed by atoms with Crippen molar-refractivity contribution in [3.63, 3.8) is 0 Å². The third-order valence-corrected chi connectivity index (χ3v) is 3.33. The second-order valence-corrected chi connectivity index (χ2v) is 4.44. The highest BCUT2D eigenvalue weighted by Gasteiger charge is 2.15. The number of aromatic nitrogens is 3. The Labute approximate surface area is 119 Å². The quantitative estimate of drug-likeness (QED) is 0.839. The minimum absolute atomic E-state index is 0.0324. The number of rotatable bonds is 5. The summed E-state index contributed by atoms with van der Waals surface area (Å²) < 4.78 is 1.99. The van der Waals surface area contributed by atoms with Crippen LogP contribution in [0.2, 0.25) is 0 Å². The van der Waals surface area contributed by atoms with Gasteiger partial charge < -0.3 is 9.47 Å². The van der Waals surface area contributed by atoms with E-state index in [1.807, 2.05) is 36.7 Å². The number of aryl methyl sites for hydroxylation is 1. The van der Waals surface area contributed by atoms with Crippen LogP contribution in [0.3, 0.4) is 0 Å². The molecular formula is C15H20N4O. The topological polar surface area (TPSA) is 51.0 Å². The van der Waals surface area contributed by atoms with Gasteiger partial charge in [0.05, 0.1) is 5.69 Å². The van der Waals surface area contributed by atoms with Crippen LogP contribution < -0.4 is 0 Å². The van der Waals surface area contributed by atoms with Crippen LogP contribution in [0.25, 0.3) is 5.69 Å². The van der Waals surface area contributed by atoms with E-state index in [-0.39, 0.29) is 5.91 Å². The molecule has 0 aliphatic carbocycles. The highest BCUT2D eigenvalue weighted by atomic mass is 16.2. The van der Waals surface area contributed by atoms with Crippen LogP contribution in [-0.4, -0.2) is 38.4 Å². The maximum absolute atomic E-state index is 12.3. The van der Waals surface area contributed by atoms with Gasteiger partial charge in [-0.1, -0.05) is 6.92 Å². The minimum Gasteiger partial charge on any atom is -0.338 e. The van der Waals surface area contributed by atoms with Gasteiger partial charge in [-0.25, -0.2) is 4.98 Å². The van der Waals surface area contributed by atoms with Crippen LogP contribution >= 0.6 is 0 Å². The van der Waals surface area contributed by atoms with Gasteiger partial charge in [0.2, 0.25) is 0 Å². The molecule has 5 heteroatoms. The van der Waals surface area contributed by atoms with Gasteiger partial charge in [-0.05, 0) is 26.0 Å². The molecule has 0 bridgehead atoms. The van der Waals surface area contributed by atoms with Crippen molar-refractivity contribution in [3.8, 4) is 5.69 Å². The first kappa shape index (κ1) is 14.2. The molecule has 0 saturated carbocycles. The van der Waals surface area contributed by atoms with Crippen LogP contribution in [0.4, 0.5) is 0 Å². The summed E-state index contributed by atoms with van der Waals surface area (Å²) in [6.07, 6.45) is 6.19.